The summed E-state index contributed by atoms with van der Waals surface area (Å²) in [5.41, 5.74) is 3.19. The van der Waals surface area contributed by atoms with Gasteiger partial charge in [-0.1, -0.05) is 30.3 Å². The first-order valence-electron chi connectivity index (χ1n) is 7.73. The van der Waals surface area contributed by atoms with Crippen LogP contribution in [0.5, 0.6) is 5.75 Å². The van der Waals surface area contributed by atoms with Crippen LogP contribution in [-0.2, 0) is 0 Å². The molecular formula is C19H15N3O4. The quantitative estimate of drug-likeness (QED) is 0.433. The largest absolute Gasteiger partial charge is 0.490 e. The Morgan fingerprint density at radius 3 is 2.62 bits per heavy atom. The predicted molar refractivity (Wildman–Crippen MR) is 98.7 cm³/mol. The number of nitrogens with one attached hydrogen (secondary N) is 1. The van der Waals surface area contributed by atoms with Crippen LogP contribution in [0.15, 0.2) is 65.8 Å². The van der Waals surface area contributed by atoms with Gasteiger partial charge in [0.1, 0.15) is 0 Å². The molecule has 0 atom stereocenters. The van der Waals surface area contributed by atoms with Crippen LogP contribution >= 0.6 is 0 Å². The summed E-state index contributed by atoms with van der Waals surface area (Å²) in [7, 11) is 1.36. The number of nitro groups is 1. The summed E-state index contributed by atoms with van der Waals surface area (Å²) in [4.78, 5) is 22.7. The average molecular weight is 349 g/mol. The molecule has 130 valence electrons. The molecule has 0 radical (unpaired) electrons. The van der Waals surface area contributed by atoms with Crippen LogP contribution in [0.4, 0.5) is 5.69 Å². The molecule has 0 saturated carbocycles. The maximum Gasteiger partial charge on any atom is 0.311 e. The van der Waals surface area contributed by atoms with Crippen molar-refractivity contribution in [1.29, 1.82) is 0 Å². The normalized spacial score (nSPS) is 10.8. The summed E-state index contributed by atoms with van der Waals surface area (Å²) in [5.74, 6) is -0.206. The van der Waals surface area contributed by atoms with Gasteiger partial charge in [0.15, 0.2) is 5.75 Å². The van der Waals surface area contributed by atoms with E-state index in [0.717, 1.165) is 10.8 Å². The molecule has 3 rings (SSSR count). The number of benzene rings is 3. The highest BCUT2D eigenvalue weighted by Gasteiger charge is 2.14. The number of hydrogen-bond donors (Lipinski definition) is 1. The molecule has 0 heterocycles. The van der Waals surface area contributed by atoms with Gasteiger partial charge < -0.3 is 4.74 Å². The molecule has 0 fully saturated rings. The summed E-state index contributed by atoms with van der Waals surface area (Å²) in [6.45, 7) is 0. The Bertz CT molecular complexity index is 1010. The fourth-order valence-electron chi connectivity index (χ4n) is 2.49. The van der Waals surface area contributed by atoms with Crippen molar-refractivity contribution >= 4 is 28.6 Å². The average Bonchev–Trinajstić information content (AvgIpc) is 2.67. The van der Waals surface area contributed by atoms with Crippen molar-refractivity contribution in [2.45, 2.75) is 0 Å². The zero-order valence-electron chi connectivity index (χ0n) is 13.9. The summed E-state index contributed by atoms with van der Waals surface area (Å²) < 4.78 is 4.94. The van der Waals surface area contributed by atoms with Crippen LogP contribution in [0.1, 0.15) is 15.9 Å². The van der Waals surface area contributed by atoms with Gasteiger partial charge in [0.05, 0.1) is 18.2 Å². The minimum atomic E-state index is -0.538. The third kappa shape index (κ3) is 3.67. The van der Waals surface area contributed by atoms with E-state index < -0.39 is 4.92 Å². The van der Waals surface area contributed by atoms with E-state index >= 15 is 0 Å². The second kappa shape index (κ2) is 7.43. The molecule has 0 bridgehead atoms. The number of nitrogens with zero attached hydrogens (tertiary/aromatic N) is 2. The van der Waals surface area contributed by atoms with E-state index in [2.05, 4.69) is 10.5 Å². The summed E-state index contributed by atoms with van der Waals surface area (Å²) in [6.07, 6.45) is 1.34. The zero-order valence-corrected chi connectivity index (χ0v) is 13.9. The van der Waals surface area contributed by atoms with Crippen molar-refractivity contribution in [2.75, 3.05) is 7.11 Å². The first-order valence-corrected chi connectivity index (χ1v) is 7.73. The molecule has 0 saturated heterocycles. The van der Waals surface area contributed by atoms with E-state index in [-0.39, 0.29) is 17.3 Å². The predicted octanol–water partition coefficient (Wildman–Crippen LogP) is 3.52. The second-order valence-electron chi connectivity index (χ2n) is 5.45. The molecule has 3 aromatic carbocycles. The Labute approximate surface area is 149 Å². The molecule has 1 amide bonds. The van der Waals surface area contributed by atoms with E-state index in [1.165, 1.54) is 25.5 Å². The highest BCUT2D eigenvalue weighted by atomic mass is 16.6. The maximum atomic E-state index is 12.2. The third-order valence-corrected chi connectivity index (χ3v) is 3.79. The first-order chi connectivity index (χ1) is 12.6. The Kier molecular flexibility index (Phi) is 4.89. The van der Waals surface area contributed by atoms with E-state index in [0.29, 0.717) is 11.1 Å². The smallest absolute Gasteiger partial charge is 0.311 e. The van der Waals surface area contributed by atoms with Crippen LogP contribution in [0.3, 0.4) is 0 Å². The number of ether oxygens (including phenoxy) is 1. The van der Waals surface area contributed by atoms with Crippen molar-refractivity contribution in [2.24, 2.45) is 5.10 Å². The second-order valence-corrected chi connectivity index (χ2v) is 5.45. The van der Waals surface area contributed by atoms with Gasteiger partial charge in [-0.25, -0.2) is 5.43 Å². The van der Waals surface area contributed by atoms with Crippen LogP contribution in [-0.4, -0.2) is 24.2 Å². The van der Waals surface area contributed by atoms with Crippen molar-refractivity contribution in [3.63, 3.8) is 0 Å². The minimum absolute atomic E-state index is 0.160. The van der Waals surface area contributed by atoms with Crippen molar-refractivity contribution in [3.05, 3.63) is 81.9 Å². The highest BCUT2D eigenvalue weighted by molar-refractivity contribution is 5.99. The molecule has 0 aliphatic rings. The Balaban J connectivity index is 1.74. The lowest BCUT2D eigenvalue weighted by Crippen LogP contribution is -2.17. The summed E-state index contributed by atoms with van der Waals surface area (Å²) in [6, 6.07) is 17.5. The fourth-order valence-corrected chi connectivity index (χ4v) is 2.49. The van der Waals surface area contributed by atoms with Crippen LogP contribution in [0, 0.1) is 10.1 Å². The van der Waals surface area contributed by atoms with Crippen LogP contribution < -0.4 is 10.2 Å². The number of carbonyl (C=O) groups is 1. The Morgan fingerprint density at radius 2 is 1.88 bits per heavy atom. The lowest BCUT2D eigenvalue weighted by Gasteiger charge is -2.03. The van der Waals surface area contributed by atoms with Gasteiger partial charge in [-0.15, -0.1) is 0 Å². The number of amides is 1. The molecule has 1 N–H and O–H groups in total. The molecule has 0 unspecified atom stereocenters. The molecule has 26 heavy (non-hydrogen) atoms. The van der Waals surface area contributed by atoms with Crippen molar-refractivity contribution in [3.8, 4) is 5.75 Å². The van der Waals surface area contributed by atoms with Gasteiger partial charge in [0.2, 0.25) is 0 Å². The number of hydrazone groups is 1. The maximum absolute atomic E-state index is 12.2. The standard InChI is InChI=1S/C19H15N3O4/c1-26-18-9-6-13(10-17(18)22(24)25)12-20-21-19(23)16-8-7-14-4-2-3-5-15(14)11-16/h2-12H,1H3,(H,21,23)/b20-12-. The molecule has 7 nitrogen and oxygen atoms in total. The molecule has 0 aliphatic carbocycles. The van der Waals surface area contributed by atoms with E-state index in [9.17, 15) is 14.9 Å². The topological polar surface area (TPSA) is 93.8 Å². The molecule has 3 aromatic rings. The number of fused-ring (bicyclic) bond motifs is 1. The van der Waals surface area contributed by atoms with Crippen LogP contribution in [0.2, 0.25) is 0 Å². The van der Waals surface area contributed by atoms with Crippen molar-refractivity contribution in [1.82, 2.24) is 5.43 Å². The van der Waals surface area contributed by atoms with Gasteiger partial charge >= 0.3 is 5.69 Å². The van der Waals surface area contributed by atoms with E-state index in [4.69, 9.17) is 4.74 Å². The molecule has 0 spiro atoms. The SMILES string of the molecule is COc1ccc(/C=N\NC(=O)c2ccc3ccccc3c2)cc1[N+](=O)[O-]. The monoisotopic (exact) mass is 349 g/mol. The van der Waals surface area contributed by atoms with Gasteiger partial charge in [-0.3, -0.25) is 14.9 Å². The van der Waals surface area contributed by atoms with E-state index in [1.807, 2.05) is 30.3 Å². The van der Waals surface area contributed by atoms with Crippen molar-refractivity contribution < 1.29 is 14.5 Å². The highest BCUT2D eigenvalue weighted by Crippen LogP contribution is 2.26. The molecule has 0 aliphatic heterocycles. The zero-order chi connectivity index (χ0) is 18.5. The van der Waals surface area contributed by atoms with Gasteiger partial charge in [0.25, 0.3) is 5.91 Å². The summed E-state index contributed by atoms with van der Waals surface area (Å²) in [5, 5.41) is 16.9. The van der Waals surface area contributed by atoms with Gasteiger partial charge in [-0.05, 0) is 35.0 Å². The Hall–Kier alpha value is -3.74. The fraction of sp³-hybridized carbons (Fsp3) is 0.0526. The number of carbonyl (C=O) groups excluding carboxylic acids is 1. The summed E-state index contributed by atoms with van der Waals surface area (Å²) >= 11 is 0. The van der Waals surface area contributed by atoms with E-state index in [1.54, 1.807) is 18.2 Å². The Morgan fingerprint density at radius 1 is 1.12 bits per heavy atom. The van der Waals surface area contributed by atoms with Gasteiger partial charge in [0, 0.05) is 17.2 Å². The molecule has 0 aromatic heterocycles. The van der Waals surface area contributed by atoms with Crippen LogP contribution in [0.25, 0.3) is 10.8 Å². The number of hydrogen-bond acceptors (Lipinski definition) is 5. The number of nitro benzene ring substituents is 1. The minimum Gasteiger partial charge on any atom is -0.490 e. The number of rotatable bonds is 5. The third-order valence-electron chi connectivity index (χ3n) is 3.79. The first kappa shape index (κ1) is 17.1. The number of methoxy groups -OCH3 is 1. The lowest BCUT2D eigenvalue weighted by atomic mass is 10.1. The lowest BCUT2D eigenvalue weighted by molar-refractivity contribution is -0.385. The molecule has 7 heteroatoms. The molecular weight excluding hydrogens is 334 g/mol. The van der Waals surface area contributed by atoms with Gasteiger partial charge in [-0.2, -0.15) is 5.10 Å².